The van der Waals surface area contributed by atoms with Crippen molar-refractivity contribution in [1.29, 1.82) is 0 Å². The zero-order chi connectivity index (χ0) is 18.5. The number of likely N-dealkylation sites (tertiary alicyclic amines) is 1. The van der Waals surface area contributed by atoms with Crippen LogP contribution in [0.3, 0.4) is 0 Å². The van der Waals surface area contributed by atoms with Gasteiger partial charge in [-0.25, -0.2) is 0 Å². The smallest absolute Gasteiger partial charge is 0.317 e. The molecule has 1 fully saturated rings. The lowest BCUT2D eigenvalue weighted by Gasteiger charge is -2.36. The second-order valence-corrected chi connectivity index (χ2v) is 6.92. The van der Waals surface area contributed by atoms with E-state index >= 15 is 0 Å². The maximum atomic E-state index is 11.0. The number of aliphatic carboxylic acids is 1. The van der Waals surface area contributed by atoms with Crippen molar-refractivity contribution in [1.82, 2.24) is 19.9 Å². The molecule has 1 aromatic carbocycles. The molecule has 1 aliphatic rings. The van der Waals surface area contributed by atoms with Gasteiger partial charge in [-0.3, -0.25) is 14.6 Å². The lowest BCUT2D eigenvalue weighted by molar-refractivity contribution is -0.139. The molecule has 1 aromatic heterocycles. The van der Waals surface area contributed by atoms with E-state index in [1.54, 1.807) is 12.1 Å². The Bertz CT molecular complexity index is 730. The highest BCUT2D eigenvalue weighted by atomic mass is 35.5. The van der Waals surface area contributed by atoms with Crippen molar-refractivity contribution in [2.75, 3.05) is 26.2 Å². The maximum Gasteiger partial charge on any atom is 0.317 e. The van der Waals surface area contributed by atoms with Crippen molar-refractivity contribution in [3.05, 3.63) is 35.2 Å². The van der Waals surface area contributed by atoms with Crippen molar-refractivity contribution in [3.63, 3.8) is 0 Å². The van der Waals surface area contributed by atoms with Crippen molar-refractivity contribution >= 4 is 30.0 Å². The van der Waals surface area contributed by atoms with Gasteiger partial charge in [-0.2, -0.15) is 4.98 Å². The summed E-state index contributed by atoms with van der Waals surface area (Å²) >= 11 is 5.90. The average Bonchev–Trinajstić information content (AvgIpc) is 3.09. The van der Waals surface area contributed by atoms with Gasteiger partial charge in [0.25, 0.3) is 0 Å². The molecule has 0 radical (unpaired) electrons. The van der Waals surface area contributed by atoms with Gasteiger partial charge in [0.05, 0.1) is 13.1 Å². The first-order chi connectivity index (χ1) is 12.5. The molecule has 9 heteroatoms. The van der Waals surface area contributed by atoms with Crippen LogP contribution in [0.25, 0.3) is 11.4 Å². The molecule has 27 heavy (non-hydrogen) atoms. The molecule has 0 bridgehead atoms. The fraction of sp³-hybridized carbons (Fsp3) is 0.500. The predicted molar refractivity (Wildman–Crippen MR) is 105 cm³/mol. The van der Waals surface area contributed by atoms with Crippen molar-refractivity contribution < 1.29 is 14.4 Å². The SMILES string of the molecule is CCN(CC(=O)O)C1CCN(Cc2nc(-c3ccc(Cl)cc3)no2)CC1.Cl. The van der Waals surface area contributed by atoms with Gasteiger partial charge < -0.3 is 9.63 Å². The molecule has 7 nitrogen and oxygen atoms in total. The third kappa shape index (κ3) is 5.90. The summed E-state index contributed by atoms with van der Waals surface area (Å²) in [5, 5.41) is 13.7. The number of hydrogen-bond donors (Lipinski definition) is 1. The summed E-state index contributed by atoms with van der Waals surface area (Å²) in [5.74, 6) is 0.381. The lowest BCUT2D eigenvalue weighted by Crippen LogP contribution is -2.46. The fourth-order valence-corrected chi connectivity index (χ4v) is 3.47. The van der Waals surface area contributed by atoms with Gasteiger partial charge >= 0.3 is 5.97 Å². The van der Waals surface area contributed by atoms with Crippen LogP contribution in [-0.4, -0.2) is 63.2 Å². The summed E-state index contributed by atoms with van der Waals surface area (Å²) < 4.78 is 5.38. The Balaban J connectivity index is 0.00000261. The summed E-state index contributed by atoms with van der Waals surface area (Å²) in [4.78, 5) is 19.7. The number of halogens is 2. The van der Waals surface area contributed by atoms with Crippen molar-refractivity contribution in [2.45, 2.75) is 32.4 Å². The van der Waals surface area contributed by atoms with Crippen LogP contribution in [0.2, 0.25) is 5.02 Å². The van der Waals surface area contributed by atoms with Crippen LogP contribution >= 0.6 is 24.0 Å². The van der Waals surface area contributed by atoms with Crippen LogP contribution in [0.1, 0.15) is 25.7 Å². The highest BCUT2D eigenvalue weighted by Crippen LogP contribution is 2.21. The first kappa shape index (κ1) is 21.6. The summed E-state index contributed by atoms with van der Waals surface area (Å²) in [6, 6.07) is 7.65. The van der Waals surface area contributed by atoms with Crippen LogP contribution in [0, 0.1) is 0 Å². The molecule has 0 saturated carbocycles. The zero-order valence-corrected chi connectivity index (χ0v) is 16.7. The molecule has 2 heterocycles. The molecule has 1 saturated heterocycles. The van der Waals surface area contributed by atoms with Gasteiger partial charge in [0, 0.05) is 29.7 Å². The molecule has 148 valence electrons. The topological polar surface area (TPSA) is 82.7 Å². The standard InChI is InChI=1S/C18H23ClN4O3.ClH/c1-2-23(12-17(24)25)15-7-9-22(10-8-15)11-16-20-18(21-26-16)13-3-5-14(19)6-4-13;/h3-6,15H,2,7-12H2,1H3,(H,24,25);1H. The summed E-state index contributed by atoms with van der Waals surface area (Å²) in [5.41, 5.74) is 0.871. The molecule has 0 spiro atoms. The predicted octanol–water partition coefficient (Wildman–Crippen LogP) is 3.18. The van der Waals surface area contributed by atoms with E-state index in [-0.39, 0.29) is 19.0 Å². The number of carbonyl (C=O) groups is 1. The molecule has 0 unspecified atom stereocenters. The Morgan fingerprint density at radius 1 is 1.33 bits per heavy atom. The second kappa shape index (κ2) is 10.0. The van der Waals surface area contributed by atoms with E-state index in [1.165, 1.54) is 0 Å². The second-order valence-electron chi connectivity index (χ2n) is 6.48. The number of benzene rings is 1. The molecule has 2 aromatic rings. The third-order valence-electron chi connectivity index (χ3n) is 4.75. The first-order valence-corrected chi connectivity index (χ1v) is 9.19. The lowest BCUT2D eigenvalue weighted by atomic mass is 10.0. The quantitative estimate of drug-likeness (QED) is 0.744. The van der Waals surface area contributed by atoms with Gasteiger partial charge in [0.2, 0.25) is 11.7 Å². The van der Waals surface area contributed by atoms with Crippen LogP contribution in [0.4, 0.5) is 0 Å². The molecule has 0 atom stereocenters. The number of piperidine rings is 1. The van der Waals surface area contributed by atoms with E-state index in [1.807, 2.05) is 24.0 Å². The minimum Gasteiger partial charge on any atom is -0.480 e. The Kier molecular flexibility index (Phi) is 8.04. The Morgan fingerprint density at radius 2 is 2.00 bits per heavy atom. The van der Waals surface area contributed by atoms with Crippen molar-refractivity contribution in [2.24, 2.45) is 0 Å². The number of carboxylic acid groups (broad SMARTS) is 1. The van der Waals surface area contributed by atoms with E-state index in [4.69, 9.17) is 21.2 Å². The van der Waals surface area contributed by atoms with E-state index in [0.717, 1.165) is 38.0 Å². The number of hydrogen-bond acceptors (Lipinski definition) is 6. The third-order valence-corrected chi connectivity index (χ3v) is 5.00. The fourth-order valence-electron chi connectivity index (χ4n) is 3.34. The normalized spacial score (nSPS) is 15.7. The van der Waals surface area contributed by atoms with Crippen LogP contribution in [-0.2, 0) is 11.3 Å². The number of carboxylic acids is 1. The monoisotopic (exact) mass is 414 g/mol. The van der Waals surface area contributed by atoms with Gasteiger partial charge in [0.1, 0.15) is 0 Å². The molecular weight excluding hydrogens is 391 g/mol. The van der Waals surface area contributed by atoms with E-state index in [2.05, 4.69) is 15.0 Å². The largest absolute Gasteiger partial charge is 0.480 e. The Labute approximate surface area is 169 Å². The van der Waals surface area contributed by atoms with Crippen molar-refractivity contribution in [3.8, 4) is 11.4 Å². The van der Waals surface area contributed by atoms with E-state index < -0.39 is 5.97 Å². The molecular formula is C18H24Cl2N4O3. The summed E-state index contributed by atoms with van der Waals surface area (Å²) in [6.45, 7) is 5.25. The van der Waals surface area contributed by atoms with Gasteiger partial charge in [-0.1, -0.05) is 23.7 Å². The summed E-state index contributed by atoms with van der Waals surface area (Å²) in [7, 11) is 0. The average molecular weight is 415 g/mol. The molecule has 0 aliphatic carbocycles. The first-order valence-electron chi connectivity index (χ1n) is 8.82. The van der Waals surface area contributed by atoms with Gasteiger partial charge in [0.15, 0.2) is 0 Å². The van der Waals surface area contributed by atoms with E-state index in [0.29, 0.717) is 29.3 Å². The minimum atomic E-state index is -0.769. The van der Waals surface area contributed by atoms with Crippen LogP contribution < -0.4 is 0 Å². The number of rotatable bonds is 7. The number of nitrogens with zero attached hydrogens (tertiary/aromatic N) is 4. The van der Waals surface area contributed by atoms with Crippen LogP contribution in [0.15, 0.2) is 28.8 Å². The highest BCUT2D eigenvalue weighted by Gasteiger charge is 2.26. The van der Waals surface area contributed by atoms with Gasteiger partial charge in [-0.15, -0.1) is 12.4 Å². The Hall–Kier alpha value is -1.67. The van der Waals surface area contributed by atoms with Gasteiger partial charge in [-0.05, 0) is 43.7 Å². The maximum absolute atomic E-state index is 11.0. The van der Waals surface area contributed by atoms with Crippen LogP contribution in [0.5, 0.6) is 0 Å². The summed E-state index contributed by atoms with van der Waals surface area (Å²) in [6.07, 6.45) is 1.89. The van der Waals surface area contributed by atoms with E-state index in [9.17, 15) is 4.79 Å². The zero-order valence-electron chi connectivity index (χ0n) is 15.2. The Morgan fingerprint density at radius 3 is 2.59 bits per heavy atom. The molecule has 1 aliphatic heterocycles. The minimum absolute atomic E-state index is 0. The molecule has 1 N–H and O–H groups in total. The molecule has 0 amide bonds. The number of aromatic nitrogens is 2. The number of likely N-dealkylation sites (N-methyl/N-ethyl adjacent to an activating group) is 1. The highest BCUT2D eigenvalue weighted by molar-refractivity contribution is 6.30. The molecule has 3 rings (SSSR count).